The monoisotopic (exact) mass is 418 g/mol. The molecule has 152 valence electrons. The number of anilines is 1. The van der Waals surface area contributed by atoms with Gasteiger partial charge in [0.2, 0.25) is 26.6 Å². The standard InChI is InChI=1S/C24H22N2O3S/c1-18-12-14-21(15-13-18)30(27,28)24-23(25-17-20-10-6-3-7-11-20)29-22(26-24)16-19-8-4-2-5-9-19/h2-15,25H,16-17H2,1H3. The average Bonchev–Trinajstić information content (AvgIpc) is 3.17. The highest BCUT2D eigenvalue weighted by Crippen LogP contribution is 2.29. The molecule has 0 aliphatic carbocycles. The number of aromatic nitrogens is 1. The van der Waals surface area contributed by atoms with Crippen molar-refractivity contribution >= 4 is 15.7 Å². The molecule has 4 aromatic rings. The second-order valence-electron chi connectivity index (χ2n) is 7.06. The number of benzene rings is 3. The van der Waals surface area contributed by atoms with Crippen molar-refractivity contribution in [2.24, 2.45) is 0 Å². The van der Waals surface area contributed by atoms with Crippen LogP contribution in [0.25, 0.3) is 0 Å². The number of rotatable bonds is 7. The van der Waals surface area contributed by atoms with Gasteiger partial charge in [0.05, 0.1) is 4.90 Å². The van der Waals surface area contributed by atoms with Gasteiger partial charge in [0.15, 0.2) is 0 Å². The quantitative estimate of drug-likeness (QED) is 0.456. The highest BCUT2D eigenvalue weighted by Gasteiger charge is 2.28. The number of sulfone groups is 1. The predicted molar refractivity (Wildman–Crippen MR) is 116 cm³/mol. The molecule has 0 unspecified atom stereocenters. The molecule has 30 heavy (non-hydrogen) atoms. The number of nitrogens with one attached hydrogen (secondary N) is 1. The van der Waals surface area contributed by atoms with Gasteiger partial charge in [-0.2, -0.15) is 4.98 Å². The summed E-state index contributed by atoms with van der Waals surface area (Å²) in [6.45, 7) is 2.34. The summed E-state index contributed by atoms with van der Waals surface area (Å²) in [6, 6.07) is 26.1. The van der Waals surface area contributed by atoms with Crippen LogP contribution in [0.2, 0.25) is 0 Å². The third-order valence-corrected chi connectivity index (χ3v) is 6.40. The van der Waals surface area contributed by atoms with Crippen LogP contribution in [0.3, 0.4) is 0 Å². The molecule has 0 fully saturated rings. The van der Waals surface area contributed by atoms with Gasteiger partial charge in [0.25, 0.3) is 0 Å². The summed E-state index contributed by atoms with van der Waals surface area (Å²) in [5.41, 5.74) is 2.99. The maximum Gasteiger partial charge on any atom is 0.233 e. The summed E-state index contributed by atoms with van der Waals surface area (Å²) in [5.74, 6) is 0.507. The zero-order valence-corrected chi connectivity index (χ0v) is 17.4. The van der Waals surface area contributed by atoms with Crippen molar-refractivity contribution in [1.82, 2.24) is 4.98 Å². The Morgan fingerprint density at radius 3 is 2.07 bits per heavy atom. The molecule has 5 nitrogen and oxygen atoms in total. The first kappa shape index (κ1) is 19.9. The first-order valence-corrected chi connectivity index (χ1v) is 11.1. The number of hydrogen-bond donors (Lipinski definition) is 1. The van der Waals surface area contributed by atoms with Gasteiger partial charge in [-0.15, -0.1) is 0 Å². The Labute approximate surface area is 176 Å². The fourth-order valence-corrected chi connectivity index (χ4v) is 4.39. The Hall–Kier alpha value is -3.38. The first-order valence-electron chi connectivity index (χ1n) is 9.65. The summed E-state index contributed by atoms with van der Waals surface area (Å²) in [6.07, 6.45) is 0.407. The number of hydrogen-bond acceptors (Lipinski definition) is 5. The van der Waals surface area contributed by atoms with Gasteiger partial charge in [0.1, 0.15) is 0 Å². The van der Waals surface area contributed by atoms with E-state index in [1.165, 1.54) is 0 Å². The lowest BCUT2D eigenvalue weighted by molar-refractivity contribution is 0.516. The Balaban J connectivity index is 1.69. The van der Waals surface area contributed by atoms with Crippen molar-refractivity contribution in [1.29, 1.82) is 0 Å². The van der Waals surface area contributed by atoms with E-state index in [9.17, 15) is 8.42 Å². The fraction of sp³-hybridized carbons (Fsp3) is 0.125. The summed E-state index contributed by atoms with van der Waals surface area (Å²) >= 11 is 0. The Morgan fingerprint density at radius 2 is 1.43 bits per heavy atom. The topological polar surface area (TPSA) is 72.2 Å². The number of aryl methyl sites for hydroxylation is 1. The minimum absolute atomic E-state index is 0.0896. The highest BCUT2D eigenvalue weighted by molar-refractivity contribution is 7.91. The first-order chi connectivity index (χ1) is 14.5. The van der Waals surface area contributed by atoms with Gasteiger partial charge in [0, 0.05) is 13.0 Å². The molecule has 0 atom stereocenters. The molecule has 0 aliphatic heterocycles. The second-order valence-corrected chi connectivity index (χ2v) is 8.92. The summed E-state index contributed by atoms with van der Waals surface area (Å²) < 4.78 is 32.4. The van der Waals surface area contributed by atoms with Crippen LogP contribution in [0.5, 0.6) is 0 Å². The molecule has 0 saturated carbocycles. The molecule has 6 heteroatoms. The predicted octanol–water partition coefficient (Wildman–Crippen LogP) is 5.02. The van der Waals surface area contributed by atoms with Crippen LogP contribution in [-0.2, 0) is 22.8 Å². The summed E-state index contributed by atoms with van der Waals surface area (Å²) in [7, 11) is -3.83. The van der Waals surface area contributed by atoms with Crippen LogP contribution < -0.4 is 5.32 Å². The maximum absolute atomic E-state index is 13.3. The van der Waals surface area contributed by atoms with Crippen LogP contribution in [0.1, 0.15) is 22.6 Å². The Morgan fingerprint density at radius 1 is 0.833 bits per heavy atom. The maximum atomic E-state index is 13.3. The van der Waals surface area contributed by atoms with Gasteiger partial charge < -0.3 is 9.73 Å². The van der Waals surface area contributed by atoms with Gasteiger partial charge in [-0.1, -0.05) is 78.4 Å². The highest BCUT2D eigenvalue weighted by atomic mass is 32.2. The zero-order valence-electron chi connectivity index (χ0n) is 16.6. The third-order valence-electron chi connectivity index (χ3n) is 4.72. The number of nitrogens with zero attached hydrogens (tertiary/aromatic N) is 1. The van der Waals surface area contributed by atoms with Crippen molar-refractivity contribution in [3.05, 3.63) is 108 Å². The van der Waals surface area contributed by atoms with E-state index in [4.69, 9.17) is 4.42 Å². The van der Waals surface area contributed by atoms with E-state index in [0.717, 1.165) is 16.7 Å². The van der Waals surface area contributed by atoms with Crippen molar-refractivity contribution in [3.8, 4) is 0 Å². The molecule has 0 amide bonds. The Kier molecular flexibility index (Phi) is 5.68. The minimum Gasteiger partial charge on any atom is -0.423 e. The molecule has 0 spiro atoms. The third kappa shape index (κ3) is 4.44. The molecule has 3 aromatic carbocycles. The molecule has 1 aromatic heterocycles. The summed E-state index contributed by atoms with van der Waals surface area (Å²) in [4.78, 5) is 4.56. The molecular formula is C24H22N2O3S. The van der Waals surface area contributed by atoms with Gasteiger partial charge in [-0.3, -0.25) is 0 Å². The van der Waals surface area contributed by atoms with Crippen LogP contribution in [0, 0.1) is 6.92 Å². The zero-order chi connectivity index (χ0) is 21.0. The van der Waals surface area contributed by atoms with Crippen LogP contribution in [-0.4, -0.2) is 13.4 Å². The lowest BCUT2D eigenvalue weighted by Gasteiger charge is -2.06. The minimum atomic E-state index is -3.83. The van der Waals surface area contributed by atoms with Crippen molar-refractivity contribution in [3.63, 3.8) is 0 Å². The molecule has 0 bridgehead atoms. The van der Waals surface area contributed by atoms with Crippen LogP contribution in [0.4, 0.5) is 5.88 Å². The SMILES string of the molecule is Cc1ccc(S(=O)(=O)c2nc(Cc3ccccc3)oc2NCc2ccccc2)cc1. The fourth-order valence-electron chi connectivity index (χ4n) is 3.10. The van der Waals surface area contributed by atoms with Gasteiger partial charge in [-0.05, 0) is 30.2 Å². The molecule has 0 aliphatic rings. The lowest BCUT2D eigenvalue weighted by atomic mass is 10.2. The Bertz CT molecular complexity index is 1220. The molecule has 0 radical (unpaired) electrons. The molecule has 1 heterocycles. The van der Waals surface area contributed by atoms with Gasteiger partial charge in [-0.25, -0.2) is 8.42 Å². The van der Waals surface area contributed by atoms with E-state index in [1.54, 1.807) is 24.3 Å². The molecular weight excluding hydrogens is 396 g/mol. The van der Waals surface area contributed by atoms with Crippen molar-refractivity contribution in [2.75, 3.05) is 5.32 Å². The van der Waals surface area contributed by atoms with E-state index in [0.29, 0.717) is 18.9 Å². The number of oxazole rings is 1. The van der Waals surface area contributed by atoms with Crippen LogP contribution >= 0.6 is 0 Å². The van der Waals surface area contributed by atoms with Crippen LogP contribution in [0.15, 0.2) is 99.3 Å². The van der Waals surface area contributed by atoms with E-state index in [2.05, 4.69) is 10.3 Å². The molecule has 0 saturated heterocycles. The lowest BCUT2D eigenvalue weighted by Crippen LogP contribution is -2.07. The van der Waals surface area contributed by atoms with E-state index < -0.39 is 9.84 Å². The molecule has 1 N–H and O–H groups in total. The van der Waals surface area contributed by atoms with Crippen molar-refractivity contribution < 1.29 is 12.8 Å². The normalized spacial score (nSPS) is 11.4. The van der Waals surface area contributed by atoms with E-state index in [-0.39, 0.29) is 15.8 Å². The largest absolute Gasteiger partial charge is 0.423 e. The summed E-state index contributed by atoms with van der Waals surface area (Å²) in [5, 5.41) is 3.03. The van der Waals surface area contributed by atoms with E-state index >= 15 is 0 Å². The second kappa shape index (κ2) is 8.55. The van der Waals surface area contributed by atoms with E-state index in [1.807, 2.05) is 67.6 Å². The average molecular weight is 419 g/mol. The smallest absolute Gasteiger partial charge is 0.233 e. The van der Waals surface area contributed by atoms with Gasteiger partial charge >= 0.3 is 0 Å². The molecule has 4 rings (SSSR count). The van der Waals surface area contributed by atoms with Crippen molar-refractivity contribution in [2.45, 2.75) is 29.8 Å².